The molecule has 1 atom stereocenters. The number of hydrogen-bond donors (Lipinski definition) is 2. The molecule has 2 rings (SSSR count). The Labute approximate surface area is 128 Å². The van der Waals surface area contributed by atoms with Gasteiger partial charge in [-0.2, -0.15) is 0 Å². The first-order chi connectivity index (χ1) is 10.2. The van der Waals surface area contributed by atoms with Gasteiger partial charge in [0.1, 0.15) is 0 Å². The van der Waals surface area contributed by atoms with Crippen molar-refractivity contribution < 1.29 is 26.4 Å². The topological polar surface area (TPSA) is 119 Å². The average Bonchev–Trinajstić information content (AvgIpc) is 2.77. The number of anilines is 1. The van der Waals surface area contributed by atoms with Crippen molar-refractivity contribution in [1.29, 1.82) is 0 Å². The summed E-state index contributed by atoms with van der Waals surface area (Å²) in [7, 11) is -5.75. The van der Waals surface area contributed by atoms with Gasteiger partial charge in [0.05, 0.1) is 23.5 Å². The minimum Gasteiger partial charge on any atom is -0.453 e. The molecular weight excluding hydrogens is 332 g/mol. The smallest absolute Gasteiger partial charge is 0.411 e. The molecule has 2 N–H and O–H groups in total. The lowest BCUT2D eigenvalue weighted by atomic mass is 10.3. The quantitative estimate of drug-likeness (QED) is 0.809. The first-order valence-electron chi connectivity index (χ1n) is 6.40. The van der Waals surface area contributed by atoms with Crippen molar-refractivity contribution >= 4 is 31.6 Å². The van der Waals surface area contributed by atoms with Crippen LogP contribution in [0.4, 0.5) is 10.5 Å². The number of rotatable bonds is 4. The summed E-state index contributed by atoms with van der Waals surface area (Å²) in [5.74, 6) is -0.198. The van der Waals surface area contributed by atoms with Crippen LogP contribution in [0.3, 0.4) is 0 Å². The van der Waals surface area contributed by atoms with E-state index >= 15 is 0 Å². The van der Waals surface area contributed by atoms with Crippen LogP contribution in [0.25, 0.3) is 0 Å². The predicted molar refractivity (Wildman–Crippen MR) is 79.9 cm³/mol. The molecule has 0 aliphatic carbocycles. The number of amides is 1. The normalized spacial score (nSPS) is 20.5. The van der Waals surface area contributed by atoms with Crippen LogP contribution >= 0.6 is 0 Å². The van der Waals surface area contributed by atoms with Crippen molar-refractivity contribution in [3.63, 3.8) is 0 Å². The van der Waals surface area contributed by atoms with E-state index < -0.39 is 32.0 Å². The SMILES string of the molecule is COC(=O)Nc1ccc(S(=O)(=O)N[C@@H]2CCS(=O)(=O)C2)cc1. The van der Waals surface area contributed by atoms with Crippen LogP contribution in [0.1, 0.15) is 6.42 Å². The summed E-state index contributed by atoms with van der Waals surface area (Å²) in [6.07, 6.45) is -0.395. The van der Waals surface area contributed by atoms with Gasteiger partial charge in [-0.3, -0.25) is 5.32 Å². The predicted octanol–water partition coefficient (Wildman–Crippen LogP) is 0.330. The third kappa shape index (κ3) is 4.18. The van der Waals surface area contributed by atoms with E-state index in [0.717, 1.165) is 0 Å². The second-order valence-corrected chi connectivity index (χ2v) is 8.80. The van der Waals surface area contributed by atoms with E-state index in [2.05, 4.69) is 14.8 Å². The maximum atomic E-state index is 12.2. The van der Waals surface area contributed by atoms with Crippen molar-refractivity contribution in [3.8, 4) is 0 Å². The first-order valence-corrected chi connectivity index (χ1v) is 9.70. The Balaban J connectivity index is 2.08. The van der Waals surface area contributed by atoms with Crippen LogP contribution in [0.5, 0.6) is 0 Å². The number of carbonyl (C=O) groups is 1. The van der Waals surface area contributed by atoms with Gasteiger partial charge in [0, 0.05) is 11.7 Å². The Bertz CT molecular complexity index is 755. The molecule has 0 unspecified atom stereocenters. The maximum absolute atomic E-state index is 12.2. The molecule has 22 heavy (non-hydrogen) atoms. The highest BCUT2D eigenvalue weighted by atomic mass is 32.2. The lowest BCUT2D eigenvalue weighted by Gasteiger charge is -2.12. The van der Waals surface area contributed by atoms with Gasteiger partial charge in [0.25, 0.3) is 0 Å². The second kappa shape index (κ2) is 6.23. The van der Waals surface area contributed by atoms with Crippen molar-refractivity contribution in [2.45, 2.75) is 17.4 Å². The summed E-state index contributed by atoms with van der Waals surface area (Å²) in [4.78, 5) is 11.0. The molecule has 1 aliphatic heterocycles. The Kier molecular flexibility index (Phi) is 4.73. The number of ether oxygens (including phenoxy) is 1. The van der Waals surface area contributed by atoms with Gasteiger partial charge in [0.15, 0.2) is 9.84 Å². The fourth-order valence-electron chi connectivity index (χ4n) is 2.06. The zero-order chi connectivity index (χ0) is 16.4. The van der Waals surface area contributed by atoms with Crippen LogP contribution in [-0.4, -0.2) is 47.6 Å². The molecule has 0 bridgehead atoms. The van der Waals surface area contributed by atoms with E-state index in [-0.39, 0.29) is 22.8 Å². The van der Waals surface area contributed by atoms with Crippen LogP contribution in [0, 0.1) is 0 Å². The molecule has 1 amide bonds. The summed E-state index contributed by atoms with van der Waals surface area (Å²) in [5, 5.41) is 2.40. The van der Waals surface area contributed by atoms with Gasteiger partial charge in [0.2, 0.25) is 10.0 Å². The third-order valence-corrected chi connectivity index (χ3v) is 6.46. The first kappa shape index (κ1) is 16.7. The summed E-state index contributed by atoms with van der Waals surface area (Å²) >= 11 is 0. The zero-order valence-electron chi connectivity index (χ0n) is 11.8. The highest BCUT2D eigenvalue weighted by Crippen LogP contribution is 2.17. The Hall–Kier alpha value is -1.65. The van der Waals surface area contributed by atoms with Crippen LogP contribution in [-0.2, 0) is 24.6 Å². The molecule has 1 aliphatic rings. The van der Waals surface area contributed by atoms with E-state index in [0.29, 0.717) is 5.69 Å². The monoisotopic (exact) mass is 348 g/mol. The van der Waals surface area contributed by atoms with Crippen molar-refractivity contribution in [2.24, 2.45) is 0 Å². The molecule has 1 aromatic rings. The molecule has 0 radical (unpaired) electrons. The molecule has 1 heterocycles. The van der Waals surface area contributed by atoms with E-state index in [1.807, 2.05) is 0 Å². The van der Waals surface area contributed by atoms with E-state index in [9.17, 15) is 21.6 Å². The maximum Gasteiger partial charge on any atom is 0.411 e. The molecule has 8 nitrogen and oxygen atoms in total. The minimum atomic E-state index is -3.80. The molecule has 1 saturated heterocycles. The van der Waals surface area contributed by atoms with Crippen molar-refractivity contribution in [3.05, 3.63) is 24.3 Å². The van der Waals surface area contributed by atoms with Crippen molar-refractivity contribution in [1.82, 2.24) is 4.72 Å². The van der Waals surface area contributed by atoms with Crippen LogP contribution < -0.4 is 10.0 Å². The number of benzene rings is 1. The van der Waals surface area contributed by atoms with Crippen molar-refractivity contribution in [2.75, 3.05) is 23.9 Å². The Morgan fingerprint density at radius 2 is 1.91 bits per heavy atom. The fourth-order valence-corrected chi connectivity index (χ4v) is 5.11. The molecule has 0 aromatic heterocycles. The number of sulfonamides is 1. The van der Waals surface area contributed by atoms with Gasteiger partial charge < -0.3 is 4.74 Å². The van der Waals surface area contributed by atoms with Gasteiger partial charge in [-0.15, -0.1) is 0 Å². The standard InChI is InChI=1S/C12H16N2O6S2/c1-20-12(15)13-9-2-4-11(5-3-9)22(18,19)14-10-6-7-21(16,17)8-10/h2-5,10,14H,6-8H2,1H3,(H,13,15)/t10-/m1/s1. The lowest BCUT2D eigenvalue weighted by molar-refractivity contribution is 0.187. The highest BCUT2D eigenvalue weighted by Gasteiger charge is 2.31. The minimum absolute atomic E-state index is 0.00721. The Morgan fingerprint density at radius 1 is 1.27 bits per heavy atom. The summed E-state index contributed by atoms with van der Waals surface area (Å²) in [6.45, 7) is 0. The average molecular weight is 348 g/mol. The molecule has 10 heteroatoms. The number of methoxy groups -OCH3 is 1. The molecule has 1 aromatic carbocycles. The van der Waals surface area contributed by atoms with Crippen LogP contribution in [0.15, 0.2) is 29.2 Å². The number of nitrogens with one attached hydrogen (secondary N) is 2. The van der Waals surface area contributed by atoms with E-state index in [1.165, 1.54) is 31.4 Å². The lowest BCUT2D eigenvalue weighted by Crippen LogP contribution is -2.35. The van der Waals surface area contributed by atoms with Crippen LogP contribution in [0.2, 0.25) is 0 Å². The number of hydrogen-bond acceptors (Lipinski definition) is 6. The van der Waals surface area contributed by atoms with Gasteiger partial charge >= 0.3 is 6.09 Å². The summed E-state index contributed by atoms with van der Waals surface area (Å²) in [6, 6.07) is 4.85. The molecular formula is C12H16N2O6S2. The van der Waals surface area contributed by atoms with Gasteiger partial charge in [-0.25, -0.2) is 26.4 Å². The molecule has 1 fully saturated rings. The van der Waals surface area contributed by atoms with E-state index in [4.69, 9.17) is 0 Å². The third-order valence-electron chi connectivity index (χ3n) is 3.15. The fraction of sp³-hybridized carbons (Fsp3) is 0.417. The van der Waals surface area contributed by atoms with Gasteiger partial charge in [-0.1, -0.05) is 0 Å². The molecule has 122 valence electrons. The Morgan fingerprint density at radius 3 is 2.41 bits per heavy atom. The number of carbonyl (C=O) groups excluding carboxylic acids is 1. The van der Waals surface area contributed by atoms with E-state index in [1.54, 1.807) is 0 Å². The summed E-state index contributed by atoms with van der Waals surface area (Å²) in [5.41, 5.74) is 0.384. The van der Waals surface area contributed by atoms with Gasteiger partial charge in [-0.05, 0) is 30.7 Å². The molecule has 0 saturated carbocycles. The zero-order valence-corrected chi connectivity index (χ0v) is 13.4. The second-order valence-electron chi connectivity index (χ2n) is 4.86. The largest absolute Gasteiger partial charge is 0.453 e. The summed E-state index contributed by atoms with van der Waals surface area (Å²) < 4.78 is 53.8. The molecule has 0 spiro atoms. The number of sulfone groups is 1. The highest BCUT2D eigenvalue weighted by molar-refractivity contribution is 7.92.